The van der Waals surface area contributed by atoms with E-state index in [1.807, 2.05) is 19.0 Å². The summed E-state index contributed by atoms with van der Waals surface area (Å²) < 4.78 is 39.2. The molecule has 1 aromatic rings. The van der Waals surface area contributed by atoms with E-state index >= 15 is 0 Å². The molecule has 0 fully saturated rings. The lowest BCUT2D eigenvalue weighted by molar-refractivity contribution is -0.138. The smallest absolute Gasteiger partial charge is 0.340 e. The highest BCUT2D eigenvalue weighted by molar-refractivity contribution is 9.10. The van der Waals surface area contributed by atoms with Gasteiger partial charge in [-0.1, -0.05) is 15.9 Å². The molecule has 0 N–H and O–H groups in total. The summed E-state index contributed by atoms with van der Waals surface area (Å²) in [7, 11) is 5.16. The molecule has 0 radical (unpaired) electrons. The van der Waals surface area contributed by atoms with Gasteiger partial charge in [0.1, 0.15) is 0 Å². The quantitative estimate of drug-likeness (QED) is 0.831. The molecule has 0 aromatic heterocycles. The molecule has 0 unspecified atom stereocenters. The molecule has 0 saturated carbocycles. The second-order valence-corrected chi connectivity index (χ2v) is 5.63. The van der Waals surface area contributed by atoms with Crippen molar-refractivity contribution in [2.75, 3.05) is 34.2 Å². The Labute approximate surface area is 124 Å². The van der Waals surface area contributed by atoms with Gasteiger partial charge in [-0.2, -0.15) is 13.2 Å². The molecule has 20 heavy (non-hydrogen) atoms. The van der Waals surface area contributed by atoms with Gasteiger partial charge in [-0.15, -0.1) is 0 Å². The topological polar surface area (TPSA) is 23.6 Å². The highest BCUT2D eigenvalue weighted by atomic mass is 79.9. The van der Waals surface area contributed by atoms with E-state index in [0.29, 0.717) is 13.1 Å². The fraction of sp³-hybridized carbons (Fsp3) is 0.462. The molecule has 1 aromatic carbocycles. The van der Waals surface area contributed by atoms with Crippen LogP contribution in [0.5, 0.6) is 0 Å². The molecule has 0 heterocycles. The average molecular weight is 353 g/mol. The molecule has 0 aliphatic heterocycles. The van der Waals surface area contributed by atoms with Crippen LogP contribution < -0.4 is 0 Å². The fourth-order valence-electron chi connectivity index (χ4n) is 1.59. The van der Waals surface area contributed by atoms with Crippen molar-refractivity contribution in [2.45, 2.75) is 6.18 Å². The standard InChI is InChI=1S/C13H16BrF3N2O/c1-18(2)6-7-19(3)12(20)10-5-4-9(14)8-11(10)13(15,16)17/h4-5,8H,6-7H2,1-3H3. The molecule has 0 saturated heterocycles. The SMILES string of the molecule is CN(C)CCN(C)C(=O)c1ccc(Br)cc1C(F)(F)F. The lowest BCUT2D eigenvalue weighted by Gasteiger charge is -2.21. The van der Waals surface area contributed by atoms with Crippen LogP contribution in [0, 0.1) is 0 Å². The first-order valence-electron chi connectivity index (χ1n) is 5.90. The highest BCUT2D eigenvalue weighted by Crippen LogP contribution is 2.34. The second kappa shape index (κ2) is 6.58. The number of hydrogen-bond acceptors (Lipinski definition) is 2. The van der Waals surface area contributed by atoms with Crippen molar-refractivity contribution in [3.05, 3.63) is 33.8 Å². The molecule has 3 nitrogen and oxygen atoms in total. The Hall–Kier alpha value is -1.08. The van der Waals surface area contributed by atoms with Gasteiger partial charge in [-0.05, 0) is 32.3 Å². The zero-order valence-electron chi connectivity index (χ0n) is 11.5. The van der Waals surface area contributed by atoms with Crippen molar-refractivity contribution in [3.63, 3.8) is 0 Å². The molecule has 0 bridgehead atoms. The maximum absolute atomic E-state index is 13.0. The summed E-state index contributed by atoms with van der Waals surface area (Å²) in [5.41, 5.74) is -1.25. The van der Waals surface area contributed by atoms with Gasteiger partial charge < -0.3 is 9.80 Å². The first-order chi connectivity index (χ1) is 9.12. The zero-order chi connectivity index (χ0) is 15.5. The number of carbonyl (C=O) groups excluding carboxylic acids is 1. The van der Waals surface area contributed by atoms with Crippen molar-refractivity contribution in [2.24, 2.45) is 0 Å². The third-order valence-electron chi connectivity index (χ3n) is 2.75. The summed E-state index contributed by atoms with van der Waals surface area (Å²) in [6.07, 6.45) is -4.56. The van der Waals surface area contributed by atoms with E-state index < -0.39 is 17.6 Å². The normalized spacial score (nSPS) is 11.8. The minimum atomic E-state index is -4.56. The predicted octanol–water partition coefficient (Wildman–Crippen LogP) is 3.10. The van der Waals surface area contributed by atoms with Crippen LogP contribution in [-0.4, -0.2) is 49.9 Å². The maximum atomic E-state index is 13.0. The van der Waals surface area contributed by atoms with Crippen molar-refractivity contribution in [3.8, 4) is 0 Å². The molecular weight excluding hydrogens is 337 g/mol. The molecule has 0 spiro atoms. The first kappa shape index (κ1) is 17.0. The van der Waals surface area contributed by atoms with Gasteiger partial charge >= 0.3 is 6.18 Å². The van der Waals surface area contributed by atoms with E-state index in [-0.39, 0.29) is 10.0 Å². The Morgan fingerprint density at radius 2 is 1.80 bits per heavy atom. The van der Waals surface area contributed by atoms with Gasteiger partial charge in [0, 0.05) is 24.6 Å². The average Bonchev–Trinajstić information content (AvgIpc) is 2.33. The Bertz CT molecular complexity index is 489. The van der Waals surface area contributed by atoms with E-state index in [9.17, 15) is 18.0 Å². The summed E-state index contributed by atoms with van der Waals surface area (Å²) in [6, 6.07) is 3.55. The molecule has 1 amide bonds. The van der Waals surface area contributed by atoms with Gasteiger partial charge in [0.05, 0.1) is 11.1 Å². The van der Waals surface area contributed by atoms with E-state index in [4.69, 9.17) is 0 Å². The summed E-state index contributed by atoms with van der Waals surface area (Å²) in [4.78, 5) is 15.3. The van der Waals surface area contributed by atoms with Gasteiger partial charge in [0.25, 0.3) is 5.91 Å². The Kier molecular flexibility index (Phi) is 5.59. The van der Waals surface area contributed by atoms with Crippen LogP contribution in [0.25, 0.3) is 0 Å². The second-order valence-electron chi connectivity index (χ2n) is 4.72. The van der Waals surface area contributed by atoms with Gasteiger partial charge in [-0.3, -0.25) is 4.79 Å². The number of benzene rings is 1. The maximum Gasteiger partial charge on any atom is 0.417 e. The minimum absolute atomic E-state index is 0.289. The first-order valence-corrected chi connectivity index (χ1v) is 6.69. The molecular formula is C13H16BrF3N2O. The largest absolute Gasteiger partial charge is 0.417 e. The van der Waals surface area contributed by atoms with Crippen molar-refractivity contribution >= 4 is 21.8 Å². The highest BCUT2D eigenvalue weighted by Gasteiger charge is 2.36. The van der Waals surface area contributed by atoms with Crippen LogP contribution in [-0.2, 0) is 6.18 Å². The Morgan fingerprint density at radius 3 is 2.30 bits per heavy atom. The number of rotatable bonds is 4. The van der Waals surface area contributed by atoms with Gasteiger partial charge in [0.2, 0.25) is 0 Å². The summed E-state index contributed by atoms with van der Waals surface area (Å²) in [5.74, 6) is -0.633. The summed E-state index contributed by atoms with van der Waals surface area (Å²) in [6.45, 7) is 0.944. The number of nitrogens with zero attached hydrogens (tertiary/aromatic N) is 2. The number of hydrogen-bond donors (Lipinski definition) is 0. The number of alkyl halides is 3. The van der Waals surface area contributed by atoms with E-state index in [2.05, 4.69) is 15.9 Å². The van der Waals surface area contributed by atoms with Crippen molar-refractivity contribution < 1.29 is 18.0 Å². The lowest BCUT2D eigenvalue weighted by Crippen LogP contribution is -2.34. The molecule has 0 atom stereocenters. The van der Waals surface area contributed by atoms with Crippen molar-refractivity contribution in [1.82, 2.24) is 9.80 Å². The Morgan fingerprint density at radius 1 is 1.20 bits per heavy atom. The van der Waals surface area contributed by atoms with E-state index in [1.165, 1.54) is 24.1 Å². The molecule has 7 heteroatoms. The van der Waals surface area contributed by atoms with Crippen LogP contribution >= 0.6 is 15.9 Å². The van der Waals surface area contributed by atoms with Gasteiger partial charge in [0.15, 0.2) is 0 Å². The van der Waals surface area contributed by atoms with Crippen LogP contribution in [0.4, 0.5) is 13.2 Å². The Balaban J connectivity index is 3.04. The van der Waals surface area contributed by atoms with Gasteiger partial charge in [-0.25, -0.2) is 0 Å². The summed E-state index contributed by atoms with van der Waals surface area (Å²) >= 11 is 2.99. The fourth-order valence-corrected chi connectivity index (χ4v) is 1.96. The monoisotopic (exact) mass is 352 g/mol. The zero-order valence-corrected chi connectivity index (χ0v) is 13.0. The van der Waals surface area contributed by atoms with E-state index in [1.54, 1.807) is 0 Å². The number of likely N-dealkylation sites (N-methyl/N-ethyl adjacent to an activating group) is 2. The van der Waals surface area contributed by atoms with Crippen LogP contribution in [0.3, 0.4) is 0 Å². The molecule has 0 aliphatic carbocycles. The van der Waals surface area contributed by atoms with Crippen LogP contribution in [0.1, 0.15) is 15.9 Å². The number of halogens is 4. The summed E-state index contributed by atoms with van der Waals surface area (Å²) in [5, 5.41) is 0. The third-order valence-corrected chi connectivity index (χ3v) is 3.24. The number of carbonyl (C=O) groups is 1. The molecule has 0 aliphatic rings. The number of amides is 1. The van der Waals surface area contributed by atoms with Crippen LogP contribution in [0.15, 0.2) is 22.7 Å². The van der Waals surface area contributed by atoms with Crippen LogP contribution in [0.2, 0.25) is 0 Å². The third kappa shape index (κ3) is 4.49. The minimum Gasteiger partial charge on any atom is -0.340 e. The van der Waals surface area contributed by atoms with E-state index in [0.717, 1.165) is 6.07 Å². The molecule has 1 rings (SSSR count). The van der Waals surface area contributed by atoms with Crippen molar-refractivity contribution in [1.29, 1.82) is 0 Å². The molecule has 112 valence electrons. The lowest BCUT2D eigenvalue weighted by atomic mass is 10.1. The predicted molar refractivity (Wildman–Crippen MR) is 74.7 cm³/mol.